The van der Waals surface area contributed by atoms with Crippen LogP contribution in [0.15, 0.2) is 71.1 Å². The van der Waals surface area contributed by atoms with Gasteiger partial charge in [0, 0.05) is 16.3 Å². The molecule has 22 heavy (non-hydrogen) atoms. The lowest BCUT2D eigenvalue weighted by Gasteiger charge is -2.04. The first-order chi connectivity index (χ1) is 10.7. The highest BCUT2D eigenvalue weighted by Crippen LogP contribution is 2.35. The van der Waals surface area contributed by atoms with Gasteiger partial charge in [-0.2, -0.15) is 0 Å². The molecule has 4 heteroatoms. The summed E-state index contributed by atoms with van der Waals surface area (Å²) in [4.78, 5) is 0. The quantitative estimate of drug-likeness (QED) is 0.558. The van der Waals surface area contributed by atoms with E-state index in [0.717, 1.165) is 33.1 Å². The van der Waals surface area contributed by atoms with Gasteiger partial charge in [0.25, 0.3) is 0 Å². The van der Waals surface area contributed by atoms with E-state index in [1.54, 1.807) is 12.1 Å². The summed E-state index contributed by atoms with van der Waals surface area (Å²) < 4.78 is 6.02. The lowest BCUT2D eigenvalue weighted by molar-refractivity contribution is 0.426. The lowest BCUT2D eigenvalue weighted by Crippen LogP contribution is -2.29. The highest BCUT2D eigenvalue weighted by atomic mass is 16.4. The molecule has 0 unspecified atom stereocenters. The van der Waals surface area contributed by atoms with Gasteiger partial charge in [-0.3, -0.25) is 0 Å². The van der Waals surface area contributed by atoms with Gasteiger partial charge in [-0.25, -0.2) is 0 Å². The molecule has 4 rings (SSSR count). The van der Waals surface area contributed by atoms with Crippen LogP contribution >= 0.6 is 0 Å². The molecule has 0 aliphatic heterocycles. The zero-order valence-electron chi connectivity index (χ0n) is 11.7. The predicted octanol–water partition coefficient (Wildman–Crippen LogP) is 2.93. The molecule has 0 aliphatic carbocycles. The van der Waals surface area contributed by atoms with E-state index in [1.807, 2.05) is 42.5 Å². The molecule has 3 nitrogen and oxygen atoms in total. The van der Waals surface area contributed by atoms with Crippen LogP contribution in [-0.2, 0) is 0 Å². The molecule has 0 atom stereocenters. The lowest BCUT2D eigenvalue weighted by atomic mass is 9.80. The number of rotatable bonds is 2. The Balaban J connectivity index is 1.94. The third-order valence-electron chi connectivity index (χ3n) is 3.92. The van der Waals surface area contributed by atoms with Crippen molar-refractivity contribution in [1.29, 1.82) is 0 Å². The summed E-state index contributed by atoms with van der Waals surface area (Å²) in [5.74, 6) is 0. The average Bonchev–Trinajstić information content (AvgIpc) is 2.93. The van der Waals surface area contributed by atoms with E-state index >= 15 is 0 Å². The van der Waals surface area contributed by atoms with Crippen molar-refractivity contribution in [3.8, 4) is 11.1 Å². The summed E-state index contributed by atoms with van der Waals surface area (Å²) in [5, 5.41) is 20.6. The van der Waals surface area contributed by atoms with E-state index in [9.17, 15) is 10.0 Å². The standard InChI is InChI=1S/C18H13BO3/c20-19(21)13-10-8-12(9-11-13)14-5-3-6-16-15-4-1-2-7-17(15)22-18(14)16/h1-11,20-21H. The molecule has 0 fully saturated rings. The molecule has 3 aromatic carbocycles. The van der Waals surface area contributed by atoms with Crippen molar-refractivity contribution in [2.45, 2.75) is 0 Å². The first-order valence-corrected chi connectivity index (χ1v) is 7.11. The monoisotopic (exact) mass is 288 g/mol. The van der Waals surface area contributed by atoms with Gasteiger partial charge in [0.15, 0.2) is 0 Å². The highest BCUT2D eigenvalue weighted by molar-refractivity contribution is 6.58. The maximum atomic E-state index is 9.19. The molecule has 0 saturated carbocycles. The zero-order chi connectivity index (χ0) is 15.1. The molecule has 2 N–H and O–H groups in total. The third-order valence-corrected chi connectivity index (χ3v) is 3.92. The minimum atomic E-state index is -1.45. The van der Waals surface area contributed by atoms with E-state index in [0.29, 0.717) is 5.46 Å². The van der Waals surface area contributed by atoms with E-state index in [2.05, 4.69) is 12.1 Å². The Bertz CT molecular complexity index is 955. The molecule has 1 aromatic heterocycles. The largest absolute Gasteiger partial charge is 0.488 e. The van der Waals surface area contributed by atoms with Crippen molar-refractivity contribution in [2.24, 2.45) is 0 Å². The Morgan fingerprint density at radius 3 is 2.23 bits per heavy atom. The Morgan fingerprint density at radius 1 is 0.727 bits per heavy atom. The Morgan fingerprint density at radius 2 is 1.45 bits per heavy atom. The fraction of sp³-hybridized carbons (Fsp3) is 0. The van der Waals surface area contributed by atoms with E-state index in [-0.39, 0.29) is 0 Å². The summed E-state index contributed by atoms with van der Waals surface area (Å²) >= 11 is 0. The highest BCUT2D eigenvalue weighted by Gasteiger charge is 2.13. The van der Waals surface area contributed by atoms with Crippen LogP contribution in [0.2, 0.25) is 0 Å². The maximum Gasteiger partial charge on any atom is 0.488 e. The number of para-hydroxylation sites is 2. The molecule has 0 bridgehead atoms. The Kier molecular flexibility index (Phi) is 3.00. The number of fused-ring (bicyclic) bond motifs is 3. The summed E-state index contributed by atoms with van der Waals surface area (Å²) in [6, 6.07) is 21.2. The molecule has 106 valence electrons. The fourth-order valence-electron chi connectivity index (χ4n) is 2.81. The van der Waals surface area contributed by atoms with E-state index < -0.39 is 7.12 Å². The molecule has 0 spiro atoms. The van der Waals surface area contributed by atoms with Gasteiger partial charge in [0.2, 0.25) is 0 Å². The molecular weight excluding hydrogens is 275 g/mol. The van der Waals surface area contributed by atoms with Crippen LogP contribution in [0.4, 0.5) is 0 Å². The smallest absolute Gasteiger partial charge is 0.455 e. The minimum absolute atomic E-state index is 0.473. The van der Waals surface area contributed by atoms with Crippen LogP contribution in [0.5, 0.6) is 0 Å². The third kappa shape index (κ3) is 2.01. The molecule has 0 amide bonds. The fourth-order valence-corrected chi connectivity index (χ4v) is 2.81. The molecule has 0 radical (unpaired) electrons. The van der Waals surface area contributed by atoms with Crippen molar-refractivity contribution in [2.75, 3.05) is 0 Å². The van der Waals surface area contributed by atoms with Gasteiger partial charge in [-0.05, 0) is 17.1 Å². The van der Waals surface area contributed by atoms with Crippen molar-refractivity contribution in [3.05, 3.63) is 66.7 Å². The maximum absolute atomic E-state index is 9.19. The number of hydrogen-bond donors (Lipinski definition) is 2. The molecule has 0 aliphatic rings. The number of hydrogen-bond acceptors (Lipinski definition) is 3. The summed E-state index contributed by atoms with van der Waals surface area (Å²) in [7, 11) is -1.45. The van der Waals surface area contributed by atoms with Crippen LogP contribution in [0.3, 0.4) is 0 Å². The molecular formula is C18H13BO3. The first kappa shape index (κ1) is 13.1. The SMILES string of the molecule is OB(O)c1ccc(-c2cccc3c2oc2ccccc23)cc1. The normalized spacial score (nSPS) is 11.2. The molecule has 0 saturated heterocycles. The van der Waals surface area contributed by atoms with Gasteiger partial charge in [0.1, 0.15) is 11.2 Å². The zero-order valence-corrected chi connectivity index (χ0v) is 11.7. The molecule has 1 heterocycles. The van der Waals surface area contributed by atoms with E-state index in [1.165, 1.54) is 0 Å². The van der Waals surface area contributed by atoms with Crippen LogP contribution in [0.25, 0.3) is 33.1 Å². The summed E-state index contributed by atoms with van der Waals surface area (Å²) in [5.41, 5.74) is 4.16. The second kappa shape index (κ2) is 5.02. The van der Waals surface area contributed by atoms with Gasteiger partial charge >= 0.3 is 7.12 Å². The van der Waals surface area contributed by atoms with E-state index in [4.69, 9.17) is 4.42 Å². The predicted molar refractivity (Wildman–Crippen MR) is 89.0 cm³/mol. The summed E-state index contributed by atoms with van der Waals surface area (Å²) in [6.45, 7) is 0. The minimum Gasteiger partial charge on any atom is -0.455 e. The van der Waals surface area contributed by atoms with Gasteiger partial charge < -0.3 is 14.5 Å². The average molecular weight is 288 g/mol. The van der Waals surface area contributed by atoms with Crippen LogP contribution in [0, 0.1) is 0 Å². The number of furan rings is 1. The van der Waals surface area contributed by atoms with Crippen molar-refractivity contribution < 1.29 is 14.5 Å². The topological polar surface area (TPSA) is 53.6 Å². The Hall–Kier alpha value is -2.56. The first-order valence-electron chi connectivity index (χ1n) is 7.11. The number of benzene rings is 3. The van der Waals surface area contributed by atoms with Crippen LogP contribution < -0.4 is 5.46 Å². The summed E-state index contributed by atoms with van der Waals surface area (Å²) in [6.07, 6.45) is 0. The van der Waals surface area contributed by atoms with Gasteiger partial charge in [-0.1, -0.05) is 60.7 Å². The van der Waals surface area contributed by atoms with Crippen LogP contribution in [0.1, 0.15) is 0 Å². The van der Waals surface area contributed by atoms with Gasteiger partial charge in [0.05, 0.1) is 0 Å². The van der Waals surface area contributed by atoms with Crippen molar-refractivity contribution >= 4 is 34.5 Å². The van der Waals surface area contributed by atoms with Crippen molar-refractivity contribution in [1.82, 2.24) is 0 Å². The van der Waals surface area contributed by atoms with Gasteiger partial charge in [-0.15, -0.1) is 0 Å². The second-order valence-corrected chi connectivity index (χ2v) is 5.28. The second-order valence-electron chi connectivity index (χ2n) is 5.28. The molecule has 4 aromatic rings. The van der Waals surface area contributed by atoms with Crippen molar-refractivity contribution in [3.63, 3.8) is 0 Å². The Labute approximate surface area is 127 Å². The van der Waals surface area contributed by atoms with Crippen LogP contribution in [-0.4, -0.2) is 17.2 Å².